The van der Waals surface area contributed by atoms with Crippen LogP contribution in [0.25, 0.3) is 0 Å². The minimum atomic E-state index is -3.55. The Morgan fingerprint density at radius 3 is 2.29 bits per heavy atom. The van der Waals surface area contributed by atoms with Crippen molar-refractivity contribution < 1.29 is 22.7 Å². The van der Waals surface area contributed by atoms with Crippen molar-refractivity contribution in [2.45, 2.75) is 37.6 Å². The maximum atomic E-state index is 12.5. The average molecular weight is 412 g/mol. The van der Waals surface area contributed by atoms with Crippen molar-refractivity contribution in [1.82, 2.24) is 9.21 Å². The predicted octanol–water partition coefficient (Wildman–Crippen LogP) is 1.54. The molecule has 1 aliphatic rings. The van der Waals surface area contributed by atoms with Gasteiger partial charge in [-0.1, -0.05) is 0 Å². The lowest BCUT2D eigenvalue weighted by atomic mass is 9.97. The fourth-order valence-electron chi connectivity index (χ4n) is 3.05. The first-order valence-electron chi connectivity index (χ1n) is 9.33. The van der Waals surface area contributed by atoms with Crippen LogP contribution in [-0.2, 0) is 24.3 Å². The molecule has 0 bridgehead atoms. The van der Waals surface area contributed by atoms with Crippen LogP contribution in [0.5, 0.6) is 0 Å². The number of likely N-dealkylation sites (tertiary alicyclic amines) is 1. The van der Waals surface area contributed by atoms with Crippen LogP contribution in [0, 0.1) is 5.92 Å². The van der Waals surface area contributed by atoms with Crippen LogP contribution in [0.2, 0.25) is 0 Å². The van der Waals surface area contributed by atoms with Crippen molar-refractivity contribution in [1.29, 1.82) is 0 Å². The molecule has 0 spiro atoms. The van der Waals surface area contributed by atoms with Gasteiger partial charge in [-0.05, 0) is 64.0 Å². The Morgan fingerprint density at radius 1 is 1.21 bits per heavy atom. The maximum absolute atomic E-state index is 12.5. The van der Waals surface area contributed by atoms with Crippen molar-refractivity contribution in [2.24, 2.45) is 5.92 Å². The maximum Gasteiger partial charge on any atom is 0.308 e. The van der Waals surface area contributed by atoms with Crippen molar-refractivity contribution in [3.8, 4) is 0 Å². The highest BCUT2D eigenvalue weighted by atomic mass is 32.2. The molecule has 156 valence electrons. The Morgan fingerprint density at radius 2 is 1.79 bits per heavy atom. The minimum Gasteiger partial charge on any atom is -0.469 e. The summed E-state index contributed by atoms with van der Waals surface area (Å²) in [7, 11) is -0.617. The molecule has 0 atom stereocenters. The normalized spacial score (nSPS) is 16.4. The van der Waals surface area contributed by atoms with Crippen LogP contribution in [0.4, 0.5) is 5.69 Å². The van der Waals surface area contributed by atoms with Gasteiger partial charge >= 0.3 is 5.97 Å². The summed E-state index contributed by atoms with van der Waals surface area (Å²) in [5, 5.41) is 2.78. The molecule has 0 saturated carbocycles. The first-order chi connectivity index (χ1) is 13.1. The summed E-state index contributed by atoms with van der Waals surface area (Å²) in [6, 6.07) is 6.01. The fourth-order valence-corrected chi connectivity index (χ4v) is 4.42. The third kappa shape index (κ3) is 5.52. The lowest BCUT2D eigenvalue weighted by Gasteiger charge is -2.29. The molecule has 0 aromatic heterocycles. The number of sulfonamides is 1. The number of carbonyl (C=O) groups is 2. The van der Waals surface area contributed by atoms with Gasteiger partial charge in [0.25, 0.3) is 0 Å². The van der Waals surface area contributed by atoms with Crippen LogP contribution in [0.1, 0.15) is 26.7 Å². The molecule has 0 radical (unpaired) electrons. The number of ether oxygens (including phenoxy) is 1. The van der Waals surface area contributed by atoms with Crippen molar-refractivity contribution in [3.05, 3.63) is 24.3 Å². The van der Waals surface area contributed by atoms with Gasteiger partial charge in [-0.15, -0.1) is 0 Å². The smallest absolute Gasteiger partial charge is 0.308 e. The van der Waals surface area contributed by atoms with Crippen molar-refractivity contribution >= 4 is 27.6 Å². The van der Waals surface area contributed by atoms with E-state index in [9.17, 15) is 18.0 Å². The van der Waals surface area contributed by atoms with E-state index in [0.717, 1.165) is 0 Å². The van der Waals surface area contributed by atoms with E-state index in [4.69, 9.17) is 4.74 Å². The summed E-state index contributed by atoms with van der Waals surface area (Å²) >= 11 is 0. The van der Waals surface area contributed by atoms with Gasteiger partial charge in [0, 0.05) is 18.8 Å². The number of hydrogen-bond donors (Lipinski definition) is 1. The lowest BCUT2D eigenvalue weighted by molar-refractivity contribution is -0.147. The van der Waals surface area contributed by atoms with E-state index in [1.165, 1.54) is 23.5 Å². The van der Waals surface area contributed by atoms with Crippen molar-refractivity contribution in [2.75, 3.05) is 39.1 Å². The lowest BCUT2D eigenvalue weighted by Crippen LogP contribution is -2.41. The van der Waals surface area contributed by atoms with Gasteiger partial charge in [0.05, 0.1) is 24.5 Å². The molecule has 0 aliphatic carbocycles. The SMILES string of the molecule is COC(=O)C1CCN(CC(=O)Nc2ccc(S(=O)(=O)N(C)C(C)C)cc2)CC1. The van der Waals surface area contributed by atoms with Gasteiger partial charge in [0.1, 0.15) is 0 Å². The van der Waals surface area contributed by atoms with Crippen LogP contribution in [-0.4, -0.2) is 69.3 Å². The third-order valence-corrected chi connectivity index (χ3v) is 7.08. The predicted molar refractivity (Wildman–Crippen MR) is 106 cm³/mol. The summed E-state index contributed by atoms with van der Waals surface area (Å²) in [5.74, 6) is -0.462. The molecule has 8 nitrogen and oxygen atoms in total. The summed E-state index contributed by atoms with van der Waals surface area (Å²) in [5.41, 5.74) is 0.542. The van der Waals surface area contributed by atoms with E-state index >= 15 is 0 Å². The van der Waals surface area contributed by atoms with E-state index in [-0.39, 0.29) is 35.3 Å². The van der Waals surface area contributed by atoms with E-state index in [0.29, 0.717) is 31.6 Å². The summed E-state index contributed by atoms with van der Waals surface area (Å²) < 4.78 is 31.0. The molecular formula is C19H29N3O5S. The van der Waals surface area contributed by atoms with Crippen molar-refractivity contribution in [3.63, 3.8) is 0 Å². The van der Waals surface area contributed by atoms with Crippen LogP contribution >= 0.6 is 0 Å². The number of rotatable bonds is 7. The molecule has 1 aromatic rings. The molecule has 28 heavy (non-hydrogen) atoms. The van der Waals surface area contributed by atoms with Crippen LogP contribution in [0.15, 0.2) is 29.2 Å². The average Bonchev–Trinajstić information content (AvgIpc) is 2.67. The molecule has 1 N–H and O–H groups in total. The monoisotopic (exact) mass is 411 g/mol. The Labute approximate surface area is 166 Å². The standard InChI is InChI=1S/C19H29N3O5S/c1-14(2)21(3)28(25,26)17-7-5-16(6-8-17)20-18(23)13-22-11-9-15(10-12-22)19(24)27-4/h5-8,14-15H,9-13H2,1-4H3,(H,20,23). The number of piperidine rings is 1. The molecule has 2 rings (SSSR count). The largest absolute Gasteiger partial charge is 0.469 e. The van der Waals surface area contributed by atoms with Gasteiger partial charge in [0.2, 0.25) is 15.9 Å². The minimum absolute atomic E-state index is 0.0947. The van der Waals surface area contributed by atoms with Gasteiger partial charge in [-0.25, -0.2) is 8.42 Å². The Hall–Kier alpha value is -1.97. The van der Waals surface area contributed by atoms with E-state index in [1.807, 2.05) is 4.90 Å². The molecule has 1 aromatic carbocycles. The highest BCUT2D eigenvalue weighted by Gasteiger charge is 2.26. The fraction of sp³-hybridized carbons (Fsp3) is 0.579. The molecule has 1 amide bonds. The zero-order chi connectivity index (χ0) is 20.9. The first kappa shape index (κ1) is 22.3. The number of anilines is 1. The Kier molecular flexibility index (Phi) is 7.56. The molecule has 1 fully saturated rings. The zero-order valence-corrected chi connectivity index (χ0v) is 17.7. The van der Waals surface area contributed by atoms with Gasteiger partial charge in [-0.3, -0.25) is 14.5 Å². The highest BCUT2D eigenvalue weighted by Crippen LogP contribution is 2.20. The number of benzene rings is 1. The van der Waals surface area contributed by atoms with Crippen LogP contribution in [0.3, 0.4) is 0 Å². The molecule has 1 aliphatic heterocycles. The Balaban J connectivity index is 1.89. The molecular weight excluding hydrogens is 382 g/mol. The quantitative estimate of drug-likeness (QED) is 0.684. The molecule has 0 unspecified atom stereocenters. The van der Waals surface area contributed by atoms with Gasteiger partial charge < -0.3 is 10.1 Å². The van der Waals surface area contributed by atoms with E-state index in [1.54, 1.807) is 33.0 Å². The van der Waals surface area contributed by atoms with E-state index < -0.39 is 10.0 Å². The number of hydrogen-bond acceptors (Lipinski definition) is 6. The second-order valence-electron chi connectivity index (χ2n) is 7.26. The molecule has 1 heterocycles. The Bertz CT molecular complexity index is 784. The molecule has 9 heteroatoms. The third-order valence-electron chi connectivity index (χ3n) is 5.03. The number of nitrogens with zero attached hydrogens (tertiary/aromatic N) is 2. The summed E-state index contributed by atoms with van der Waals surface area (Å²) in [6.07, 6.45) is 1.35. The number of amides is 1. The second kappa shape index (κ2) is 9.49. The summed E-state index contributed by atoms with van der Waals surface area (Å²) in [4.78, 5) is 26.0. The second-order valence-corrected chi connectivity index (χ2v) is 9.26. The number of esters is 1. The van der Waals surface area contributed by atoms with Crippen LogP contribution < -0.4 is 5.32 Å². The number of carbonyl (C=O) groups excluding carboxylic acids is 2. The first-order valence-corrected chi connectivity index (χ1v) is 10.8. The number of nitrogens with one attached hydrogen (secondary N) is 1. The molecule has 1 saturated heterocycles. The zero-order valence-electron chi connectivity index (χ0n) is 16.8. The highest BCUT2D eigenvalue weighted by molar-refractivity contribution is 7.89. The number of methoxy groups -OCH3 is 1. The van der Waals surface area contributed by atoms with Gasteiger partial charge in [0.15, 0.2) is 0 Å². The summed E-state index contributed by atoms with van der Waals surface area (Å²) in [6.45, 7) is 5.15. The van der Waals surface area contributed by atoms with E-state index in [2.05, 4.69) is 5.32 Å². The van der Waals surface area contributed by atoms with Gasteiger partial charge in [-0.2, -0.15) is 4.31 Å². The topological polar surface area (TPSA) is 96.0 Å².